The number of nitrogens with two attached hydrogens (primary N) is 1. The van der Waals surface area contributed by atoms with Gasteiger partial charge in [-0.2, -0.15) is 10.5 Å². The summed E-state index contributed by atoms with van der Waals surface area (Å²) in [5, 5.41) is 18.9. The van der Waals surface area contributed by atoms with Crippen molar-refractivity contribution in [1.29, 1.82) is 10.5 Å². The summed E-state index contributed by atoms with van der Waals surface area (Å²) in [5.41, 5.74) is 7.33. The molecule has 27 heavy (non-hydrogen) atoms. The zero-order valence-corrected chi connectivity index (χ0v) is 15.7. The van der Waals surface area contributed by atoms with E-state index in [1.165, 1.54) is 0 Å². The van der Waals surface area contributed by atoms with Crippen molar-refractivity contribution in [3.8, 4) is 29.0 Å². The lowest BCUT2D eigenvalue weighted by Crippen LogP contribution is -2.25. The molecule has 1 fully saturated rings. The lowest BCUT2D eigenvalue weighted by Gasteiger charge is -2.17. The van der Waals surface area contributed by atoms with Gasteiger partial charge in [-0.1, -0.05) is 24.4 Å². The Morgan fingerprint density at radius 3 is 2.48 bits per heavy atom. The first-order valence-electron chi connectivity index (χ1n) is 8.25. The quantitative estimate of drug-likeness (QED) is 0.779. The molecule has 1 aromatic carbocycles. The van der Waals surface area contributed by atoms with Crippen molar-refractivity contribution in [2.75, 3.05) is 18.9 Å². The highest BCUT2D eigenvalue weighted by molar-refractivity contribution is 7.71. The van der Waals surface area contributed by atoms with Crippen molar-refractivity contribution < 1.29 is 14.2 Å². The fourth-order valence-corrected chi connectivity index (χ4v) is 3.14. The molecule has 1 aliphatic rings. The summed E-state index contributed by atoms with van der Waals surface area (Å²) in [5.74, 6) is 0.182. The molecule has 2 heterocycles. The van der Waals surface area contributed by atoms with Crippen LogP contribution in [0.5, 0.6) is 5.75 Å². The zero-order valence-electron chi connectivity index (χ0n) is 14.9. The van der Waals surface area contributed by atoms with Gasteiger partial charge in [-0.25, -0.2) is 0 Å². The van der Waals surface area contributed by atoms with Gasteiger partial charge in [-0.3, -0.25) is 0 Å². The number of hydrogen-bond acceptors (Lipinski definition) is 7. The highest BCUT2D eigenvalue weighted by Gasteiger charge is 2.32. The maximum absolute atomic E-state index is 9.44. The van der Waals surface area contributed by atoms with Crippen molar-refractivity contribution in [3.63, 3.8) is 0 Å². The molecule has 0 saturated carbocycles. The van der Waals surface area contributed by atoms with E-state index in [4.69, 9.17) is 32.2 Å². The number of rotatable bonds is 4. The van der Waals surface area contributed by atoms with Gasteiger partial charge in [-0.05, 0) is 31.5 Å². The van der Waals surface area contributed by atoms with Crippen LogP contribution in [0.2, 0.25) is 0 Å². The molecule has 0 bridgehead atoms. The molecule has 0 amide bonds. The number of nitrogen functional groups attached to an aromatic ring is 1. The number of nitrogens with zero attached hydrogens (tertiary/aromatic N) is 2. The smallest absolute Gasteiger partial charge is 0.163 e. The lowest BCUT2D eigenvalue weighted by atomic mass is 9.97. The Kier molecular flexibility index (Phi) is 5.15. The first-order valence-corrected chi connectivity index (χ1v) is 8.66. The number of benzene rings is 1. The SMILES string of the molecule is CC1(C)OC[C@H](COc2ccc(-c3c(C#N)c(N)[nH]c(=S)c3C#N)cc2)O1. The number of pyridine rings is 1. The van der Waals surface area contributed by atoms with Crippen LogP contribution in [-0.2, 0) is 9.47 Å². The van der Waals surface area contributed by atoms with Crippen LogP contribution in [0, 0.1) is 27.3 Å². The minimum absolute atomic E-state index is 0.137. The van der Waals surface area contributed by atoms with Crippen molar-refractivity contribution >= 4 is 18.0 Å². The van der Waals surface area contributed by atoms with Crippen LogP contribution in [0.1, 0.15) is 25.0 Å². The molecular formula is C19H18N4O3S. The highest BCUT2D eigenvalue weighted by Crippen LogP contribution is 2.32. The predicted octanol–water partition coefficient (Wildman–Crippen LogP) is 3.27. The monoisotopic (exact) mass is 382 g/mol. The van der Waals surface area contributed by atoms with Gasteiger partial charge < -0.3 is 24.9 Å². The Labute approximate surface area is 161 Å². The second-order valence-corrected chi connectivity index (χ2v) is 6.91. The molecule has 3 rings (SSSR count). The van der Waals surface area contributed by atoms with E-state index in [-0.39, 0.29) is 27.7 Å². The van der Waals surface area contributed by atoms with E-state index in [1.807, 2.05) is 26.0 Å². The standard InChI is InChI=1S/C19H18N4O3S/c1-19(2)25-10-13(26-19)9-24-12-5-3-11(4-6-12)16-14(7-20)17(22)23-18(27)15(16)8-21/h3-6,13H,9-10H2,1-2H3,(H3,22,23,27)/t13-/m0/s1. The molecular weight excluding hydrogens is 364 g/mol. The lowest BCUT2D eigenvalue weighted by molar-refractivity contribution is -0.141. The minimum Gasteiger partial charge on any atom is -0.491 e. The van der Waals surface area contributed by atoms with Gasteiger partial charge >= 0.3 is 0 Å². The molecule has 7 nitrogen and oxygen atoms in total. The van der Waals surface area contributed by atoms with Crippen molar-refractivity contribution in [2.24, 2.45) is 0 Å². The fourth-order valence-electron chi connectivity index (χ4n) is 2.88. The normalized spacial score (nSPS) is 17.9. The maximum Gasteiger partial charge on any atom is 0.163 e. The summed E-state index contributed by atoms with van der Waals surface area (Å²) >= 11 is 5.16. The Balaban J connectivity index is 1.84. The van der Waals surface area contributed by atoms with E-state index < -0.39 is 5.79 Å². The number of aromatic nitrogens is 1. The average Bonchev–Trinajstić information content (AvgIpc) is 2.99. The van der Waals surface area contributed by atoms with Crippen LogP contribution in [0.15, 0.2) is 24.3 Å². The zero-order chi connectivity index (χ0) is 19.6. The maximum atomic E-state index is 9.44. The molecule has 0 radical (unpaired) electrons. The van der Waals surface area contributed by atoms with E-state index in [2.05, 4.69) is 4.98 Å². The highest BCUT2D eigenvalue weighted by atomic mass is 32.1. The molecule has 8 heteroatoms. The summed E-state index contributed by atoms with van der Waals surface area (Å²) < 4.78 is 17.2. The number of aromatic amines is 1. The van der Waals surface area contributed by atoms with Crippen LogP contribution in [0.4, 0.5) is 5.82 Å². The molecule has 0 aliphatic carbocycles. The van der Waals surface area contributed by atoms with Crippen molar-refractivity contribution in [2.45, 2.75) is 25.7 Å². The van der Waals surface area contributed by atoms with E-state index in [9.17, 15) is 10.5 Å². The number of ether oxygens (including phenoxy) is 3. The largest absolute Gasteiger partial charge is 0.491 e. The molecule has 138 valence electrons. The van der Waals surface area contributed by atoms with Crippen molar-refractivity contribution in [3.05, 3.63) is 40.0 Å². The Morgan fingerprint density at radius 2 is 1.93 bits per heavy atom. The molecule has 3 N–H and O–H groups in total. The second kappa shape index (κ2) is 7.37. The first-order chi connectivity index (χ1) is 12.8. The van der Waals surface area contributed by atoms with Gasteiger partial charge in [0.1, 0.15) is 46.6 Å². The van der Waals surface area contributed by atoms with Crippen LogP contribution in [-0.4, -0.2) is 30.1 Å². The Hall–Kier alpha value is -2.91. The fraction of sp³-hybridized carbons (Fsp3) is 0.316. The van der Waals surface area contributed by atoms with Gasteiger partial charge in [0, 0.05) is 5.56 Å². The van der Waals surface area contributed by atoms with Gasteiger partial charge in [0.15, 0.2) is 5.79 Å². The molecule has 1 saturated heterocycles. The molecule has 0 spiro atoms. The predicted molar refractivity (Wildman–Crippen MR) is 101 cm³/mol. The van der Waals surface area contributed by atoms with E-state index >= 15 is 0 Å². The van der Waals surface area contributed by atoms with Crippen LogP contribution >= 0.6 is 12.2 Å². The molecule has 1 atom stereocenters. The number of hydrogen-bond donors (Lipinski definition) is 2. The van der Waals surface area contributed by atoms with Crippen LogP contribution in [0.3, 0.4) is 0 Å². The van der Waals surface area contributed by atoms with E-state index in [1.54, 1.807) is 24.3 Å². The van der Waals surface area contributed by atoms with E-state index in [0.717, 1.165) is 0 Å². The summed E-state index contributed by atoms with van der Waals surface area (Å²) in [6, 6.07) is 11.1. The van der Waals surface area contributed by atoms with Crippen molar-refractivity contribution in [1.82, 2.24) is 4.98 Å². The Bertz CT molecular complexity index is 1000. The van der Waals surface area contributed by atoms with Gasteiger partial charge in [0.2, 0.25) is 0 Å². The number of H-pyrrole nitrogens is 1. The van der Waals surface area contributed by atoms with Gasteiger partial charge in [-0.15, -0.1) is 0 Å². The third-order valence-electron chi connectivity index (χ3n) is 4.11. The summed E-state index contributed by atoms with van der Waals surface area (Å²) in [7, 11) is 0. The molecule has 1 aliphatic heterocycles. The second-order valence-electron chi connectivity index (χ2n) is 6.50. The molecule has 0 unspecified atom stereocenters. The molecule has 2 aromatic rings. The van der Waals surface area contributed by atoms with Crippen LogP contribution in [0.25, 0.3) is 11.1 Å². The first kappa shape index (κ1) is 18.9. The number of nitriles is 2. The molecule has 1 aromatic heterocycles. The van der Waals surface area contributed by atoms with Gasteiger partial charge in [0.05, 0.1) is 12.2 Å². The van der Waals surface area contributed by atoms with Gasteiger partial charge in [0.25, 0.3) is 0 Å². The minimum atomic E-state index is -0.592. The summed E-state index contributed by atoms with van der Waals surface area (Å²) in [4.78, 5) is 2.69. The Morgan fingerprint density at radius 1 is 1.26 bits per heavy atom. The summed E-state index contributed by atoms with van der Waals surface area (Å²) in [6.07, 6.45) is -0.137. The third-order valence-corrected chi connectivity index (χ3v) is 4.42. The van der Waals surface area contributed by atoms with Crippen LogP contribution < -0.4 is 10.5 Å². The third kappa shape index (κ3) is 3.93. The topological polar surface area (TPSA) is 117 Å². The average molecular weight is 382 g/mol. The number of nitrogens with one attached hydrogen (secondary N) is 1. The van der Waals surface area contributed by atoms with E-state index in [0.29, 0.717) is 30.1 Å². The summed E-state index contributed by atoms with van der Waals surface area (Å²) in [6.45, 7) is 4.55. The number of anilines is 1.